The van der Waals surface area contributed by atoms with E-state index in [0.717, 1.165) is 27.7 Å². The molecule has 2 rings (SSSR count). The number of ether oxygens (including phenoxy) is 2. The molecule has 0 amide bonds. The third kappa shape index (κ3) is 4.03. The Bertz CT molecular complexity index is 652. The van der Waals surface area contributed by atoms with Crippen LogP contribution in [0.1, 0.15) is 11.3 Å². The molecule has 1 aromatic heterocycles. The van der Waals surface area contributed by atoms with Gasteiger partial charge in [0.25, 0.3) is 0 Å². The average molecular weight is 326 g/mol. The number of benzene rings is 1. The van der Waals surface area contributed by atoms with Gasteiger partial charge < -0.3 is 19.8 Å². The van der Waals surface area contributed by atoms with Crippen LogP contribution in [0.3, 0.4) is 0 Å². The van der Waals surface area contributed by atoms with Crippen LogP contribution in [0.2, 0.25) is 0 Å². The van der Waals surface area contributed by atoms with E-state index in [4.69, 9.17) is 9.47 Å². The van der Waals surface area contributed by atoms with Gasteiger partial charge in [0.1, 0.15) is 0 Å². The van der Waals surface area contributed by atoms with Crippen molar-refractivity contribution in [2.75, 3.05) is 20.5 Å². The number of thioether (sulfide) groups is 1. The van der Waals surface area contributed by atoms with Crippen molar-refractivity contribution in [2.24, 2.45) is 0 Å². The Balaban J connectivity index is 2.09. The molecule has 2 N–H and O–H groups in total. The lowest BCUT2D eigenvalue weighted by atomic mass is 10.2. The van der Waals surface area contributed by atoms with Gasteiger partial charge in [-0.25, -0.2) is 0 Å². The van der Waals surface area contributed by atoms with Crippen molar-refractivity contribution in [2.45, 2.75) is 18.0 Å². The largest absolute Gasteiger partial charge is 0.493 e. The Kier molecular flexibility index (Phi) is 5.72. The van der Waals surface area contributed by atoms with E-state index in [1.165, 1.54) is 11.3 Å². The molecule has 0 radical (unpaired) electrons. The SMILES string of the molecule is COc1cc(CNCc2csc(=O)[nH]2)c(SC)cc1OC. The van der Waals surface area contributed by atoms with Crippen LogP contribution < -0.4 is 19.7 Å². The van der Waals surface area contributed by atoms with Crippen molar-refractivity contribution in [3.8, 4) is 11.5 Å². The Morgan fingerprint density at radius 2 is 1.95 bits per heavy atom. The minimum atomic E-state index is -0.0253. The number of H-pyrrole nitrogens is 1. The van der Waals surface area contributed by atoms with Gasteiger partial charge in [0.2, 0.25) is 0 Å². The highest BCUT2D eigenvalue weighted by Gasteiger charge is 2.10. The van der Waals surface area contributed by atoms with Crippen molar-refractivity contribution < 1.29 is 9.47 Å². The van der Waals surface area contributed by atoms with Crippen LogP contribution in [0, 0.1) is 0 Å². The fraction of sp³-hybridized carbons (Fsp3) is 0.357. The summed E-state index contributed by atoms with van der Waals surface area (Å²) < 4.78 is 10.6. The maximum absolute atomic E-state index is 11.1. The van der Waals surface area contributed by atoms with Crippen molar-refractivity contribution in [3.63, 3.8) is 0 Å². The third-order valence-electron chi connectivity index (χ3n) is 2.99. The zero-order valence-corrected chi connectivity index (χ0v) is 13.8. The maximum atomic E-state index is 11.1. The third-order valence-corrected chi connectivity index (χ3v) is 4.53. The first-order valence-electron chi connectivity index (χ1n) is 6.34. The summed E-state index contributed by atoms with van der Waals surface area (Å²) in [5, 5.41) is 5.15. The van der Waals surface area contributed by atoms with E-state index in [2.05, 4.69) is 10.3 Å². The minimum absolute atomic E-state index is 0.0253. The van der Waals surface area contributed by atoms with E-state index >= 15 is 0 Å². The first-order valence-corrected chi connectivity index (χ1v) is 8.44. The van der Waals surface area contributed by atoms with Crippen LogP contribution >= 0.6 is 23.1 Å². The molecule has 0 atom stereocenters. The number of rotatable bonds is 7. The second kappa shape index (κ2) is 7.53. The maximum Gasteiger partial charge on any atom is 0.304 e. The summed E-state index contributed by atoms with van der Waals surface area (Å²) in [5.41, 5.74) is 2.04. The molecule has 1 aromatic carbocycles. The molecule has 21 heavy (non-hydrogen) atoms. The summed E-state index contributed by atoms with van der Waals surface area (Å²) in [7, 11) is 3.26. The van der Waals surface area contributed by atoms with E-state index in [0.29, 0.717) is 13.1 Å². The van der Waals surface area contributed by atoms with E-state index in [-0.39, 0.29) is 4.87 Å². The molecular formula is C14H18N2O3S2. The topological polar surface area (TPSA) is 63.3 Å². The van der Waals surface area contributed by atoms with Crippen LogP contribution in [0.4, 0.5) is 0 Å². The summed E-state index contributed by atoms with van der Waals surface area (Å²) in [6.07, 6.45) is 2.03. The Morgan fingerprint density at radius 1 is 1.24 bits per heavy atom. The zero-order chi connectivity index (χ0) is 15.2. The molecule has 0 bridgehead atoms. The molecule has 2 aromatic rings. The molecule has 0 fully saturated rings. The van der Waals surface area contributed by atoms with Crippen LogP contribution in [0.15, 0.2) is 27.2 Å². The van der Waals surface area contributed by atoms with E-state index < -0.39 is 0 Å². The molecule has 1 heterocycles. The second-order valence-corrected chi connectivity index (χ2v) is 5.99. The van der Waals surface area contributed by atoms with E-state index in [1.807, 2.05) is 23.8 Å². The van der Waals surface area contributed by atoms with Gasteiger partial charge in [-0.2, -0.15) is 0 Å². The molecule has 0 unspecified atom stereocenters. The fourth-order valence-electron chi connectivity index (χ4n) is 1.96. The number of methoxy groups -OCH3 is 2. The van der Waals surface area contributed by atoms with Crippen molar-refractivity contribution in [1.82, 2.24) is 10.3 Å². The monoisotopic (exact) mass is 326 g/mol. The molecule has 7 heteroatoms. The Morgan fingerprint density at radius 3 is 2.52 bits per heavy atom. The van der Waals surface area contributed by atoms with Gasteiger partial charge in [0.15, 0.2) is 11.5 Å². The molecular weight excluding hydrogens is 308 g/mol. The summed E-state index contributed by atoms with van der Waals surface area (Å²) in [4.78, 5) is 15.0. The molecule has 0 aliphatic heterocycles. The predicted octanol–water partition coefficient (Wildman–Crippen LogP) is 2.47. The number of aromatic amines is 1. The summed E-state index contributed by atoms with van der Waals surface area (Å²) in [5.74, 6) is 1.45. The van der Waals surface area contributed by atoms with Crippen LogP contribution in [0.25, 0.3) is 0 Å². The highest BCUT2D eigenvalue weighted by molar-refractivity contribution is 7.98. The molecule has 0 saturated carbocycles. The zero-order valence-electron chi connectivity index (χ0n) is 12.2. The van der Waals surface area contributed by atoms with Gasteiger partial charge in [0, 0.05) is 29.1 Å². The predicted molar refractivity (Wildman–Crippen MR) is 86.8 cm³/mol. The van der Waals surface area contributed by atoms with Gasteiger partial charge in [-0.05, 0) is 24.0 Å². The van der Waals surface area contributed by atoms with Crippen molar-refractivity contribution in [1.29, 1.82) is 0 Å². The number of aromatic nitrogens is 1. The van der Waals surface area contributed by atoms with Crippen molar-refractivity contribution >= 4 is 23.1 Å². The quantitative estimate of drug-likeness (QED) is 0.765. The molecule has 0 saturated heterocycles. The van der Waals surface area contributed by atoms with Crippen LogP contribution in [-0.2, 0) is 13.1 Å². The smallest absolute Gasteiger partial charge is 0.304 e. The molecule has 0 aliphatic carbocycles. The van der Waals surface area contributed by atoms with Gasteiger partial charge in [-0.3, -0.25) is 4.79 Å². The highest BCUT2D eigenvalue weighted by atomic mass is 32.2. The summed E-state index contributed by atoms with van der Waals surface area (Å²) in [6.45, 7) is 1.31. The standard InChI is InChI=1S/C14H18N2O3S2/c1-18-11-4-9(13(20-3)5-12(11)19-2)6-15-7-10-8-21-14(17)16-10/h4-5,8,15H,6-7H2,1-3H3,(H,16,17). The van der Waals surface area contributed by atoms with Crippen LogP contribution in [0.5, 0.6) is 11.5 Å². The number of hydrogen-bond donors (Lipinski definition) is 2. The minimum Gasteiger partial charge on any atom is -0.493 e. The lowest BCUT2D eigenvalue weighted by Gasteiger charge is -2.14. The number of nitrogens with one attached hydrogen (secondary N) is 2. The molecule has 114 valence electrons. The van der Waals surface area contributed by atoms with Gasteiger partial charge >= 0.3 is 4.87 Å². The number of hydrogen-bond acceptors (Lipinski definition) is 6. The lowest BCUT2D eigenvalue weighted by molar-refractivity contribution is 0.353. The first kappa shape index (κ1) is 15.9. The van der Waals surface area contributed by atoms with Crippen LogP contribution in [-0.4, -0.2) is 25.5 Å². The fourth-order valence-corrected chi connectivity index (χ4v) is 3.16. The van der Waals surface area contributed by atoms with E-state index in [1.54, 1.807) is 26.0 Å². The normalized spacial score (nSPS) is 10.6. The first-order chi connectivity index (χ1) is 10.2. The lowest BCUT2D eigenvalue weighted by Crippen LogP contribution is -2.14. The number of thiazole rings is 1. The van der Waals surface area contributed by atoms with Gasteiger partial charge in [0.05, 0.1) is 14.2 Å². The summed E-state index contributed by atoms with van der Waals surface area (Å²) in [6, 6.07) is 3.96. The Hall–Kier alpha value is -1.44. The van der Waals surface area contributed by atoms with Gasteiger partial charge in [-0.1, -0.05) is 11.3 Å². The highest BCUT2D eigenvalue weighted by Crippen LogP contribution is 2.34. The van der Waals surface area contributed by atoms with Crippen molar-refractivity contribution in [3.05, 3.63) is 38.4 Å². The second-order valence-electron chi connectivity index (χ2n) is 4.30. The molecule has 0 spiro atoms. The molecule has 5 nitrogen and oxygen atoms in total. The molecule has 0 aliphatic rings. The van der Waals surface area contributed by atoms with E-state index in [9.17, 15) is 4.79 Å². The summed E-state index contributed by atoms with van der Waals surface area (Å²) >= 11 is 2.84. The Labute approximate surface area is 131 Å². The van der Waals surface area contributed by atoms with Gasteiger partial charge in [-0.15, -0.1) is 11.8 Å². The average Bonchev–Trinajstić information content (AvgIpc) is 2.92.